The molecule has 0 saturated carbocycles. The summed E-state index contributed by atoms with van der Waals surface area (Å²) in [7, 11) is 0. The van der Waals surface area contributed by atoms with Gasteiger partial charge in [0.15, 0.2) is 5.82 Å². The van der Waals surface area contributed by atoms with E-state index in [2.05, 4.69) is 9.97 Å². The van der Waals surface area contributed by atoms with Gasteiger partial charge >= 0.3 is 5.97 Å². The Kier molecular flexibility index (Phi) is 4.53. The van der Waals surface area contributed by atoms with E-state index in [1.54, 1.807) is 24.3 Å². The van der Waals surface area contributed by atoms with Crippen LogP contribution in [0, 0.1) is 11.3 Å². The molecule has 1 N–H and O–H groups in total. The van der Waals surface area contributed by atoms with Crippen LogP contribution in [0.2, 0.25) is 10.3 Å². The Morgan fingerprint density at radius 1 is 1.19 bits per heavy atom. The minimum absolute atomic E-state index is 0.0547. The molecule has 0 aliphatic carbocycles. The number of rotatable bonds is 3. The van der Waals surface area contributed by atoms with Crippen molar-refractivity contribution in [3.63, 3.8) is 0 Å². The number of nitriles is 1. The monoisotopic (exact) mass is 319 g/mol. The van der Waals surface area contributed by atoms with Crippen molar-refractivity contribution in [2.75, 3.05) is 0 Å². The molecule has 0 radical (unpaired) electrons. The summed E-state index contributed by atoms with van der Waals surface area (Å²) in [6.45, 7) is 0. The second-order valence-corrected chi connectivity index (χ2v) is 4.70. The highest BCUT2D eigenvalue weighted by molar-refractivity contribution is 6.33. The molecule has 2 rings (SSSR count). The van der Waals surface area contributed by atoms with E-state index in [1.165, 1.54) is 6.07 Å². The number of carboxylic acids is 1. The van der Waals surface area contributed by atoms with Crippen molar-refractivity contribution in [2.24, 2.45) is 0 Å². The van der Waals surface area contributed by atoms with E-state index in [9.17, 15) is 4.79 Å². The molecule has 0 amide bonds. The van der Waals surface area contributed by atoms with Crippen molar-refractivity contribution < 1.29 is 9.90 Å². The van der Waals surface area contributed by atoms with Gasteiger partial charge in [-0.3, -0.25) is 0 Å². The highest BCUT2D eigenvalue weighted by atomic mass is 35.5. The first-order chi connectivity index (χ1) is 9.99. The zero-order valence-corrected chi connectivity index (χ0v) is 11.9. The van der Waals surface area contributed by atoms with E-state index >= 15 is 0 Å². The number of hydrogen-bond donors (Lipinski definition) is 1. The van der Waals surface area contributed by atoms with Gasteiger partial charge in [0.05, 0.1) is 5.57 Å². The second kappa shape index (κ2) is 6.35. The molecule has 0 saturated heterocycles. The van der Waals surface area contributed by atoms with Gasteiger partial charge in [0.2, 0.25) is 0 Å². The molecule has 21 heavy (non-hydrogen) atoms. The van der Waals surface area contributed by atoms with Gasteiger partial charge in [-0.2, -0.15) is 5.26 Å². The summed E-state index contributed by atoms with van der Waals surface area (Å²) in [5, 5.41) is 18.1. The predicted molar refractivity (Wildman–Crippen MR) is 78.7 cm³/mol. The minimum atomic E-state index is -1.18. The number of aliphatic carboxylic acids is 1. The van der Waals surface area contributed by atoms with Gasteiger partial charge in [-0.15, -0.1) is 0 Å². The topological polar surface area (TPSA) is 86.9 Å². The van der Waals surface area contributed by atoms with E-state index in [4.69, 9.17) is 33.6 Å². The standard InChI is InChI=1S/C14H7Cl2N3O2/c15-11-6-12(16)19-14(18-11)9-3-1-8(2-4-9)10(7-17)5-13(20)21/h1-6H,(H,20,21)/b10-5+. The first kappa shape index (κ1) is 15.0. The average molecular weight is 320 g/mol. The molecule has 0 bridgehead atoms. The summed E-state index contributed by atoms with van der Waals surface area (Å²) in [5.41, 5.74) is 1.19. The Balaban J connectivity index is 2.39. The summed E-state index contributed by atoms with van der Waals surface area (Å²) in [5.74, 6) is -0.833. The van der Waals surface area contributed by atoms with E-state index in [0.29, 0.717) is 17.0 Å². The van der Waals surface area contributed by atoms with E-state index in [-0.39, 0.29) is 15.9 Å². The Hall–Kier alpha value is -2.42. The number of nitrogens with zero attached hydrogens (tertiary/aromatic N) is 3. The van der Waals surface area contributed by atoms with E-state index in [0.717, 1.165) is 6.08 Å². The molecule has 0 aliphatic rings. The lowest BCUT2D eigenvalue weighted by Gasteiger charge is -2.03. The second-order valence-electron chi connectivity index (χ2n) is 3.92. The van der Waals surface area contributed by atoms with Crippen molar-refractivity contribution in [3.8, 4) is 17.5 Å². The molecule has 0 spiro atoms. The number of allylic oxidation sites excluding steroid dienone is 1. The van der Waals surface area contributed by atoms with Crippen LogP contribution in [0.25, 0.3) is 17.0 Å². The Morgan fingerprint density at radius 2 is 1.76 bits per heavy atom. The molecule has 7 heteroatoms. The Labute approximate surface area is 130 Å². The lowest BCUT2D eigenvalue weighted by Crippen LogP contribution is -1.93. The van der Waals surface area contributed by atoms with Crippen molar-refractivity contribution in [3.05, 3.63) is 52.3 Å². The van der Waals surface area contributed by atoms with Crippen LogP contribution in [0.5, 0.6) is 0 Å². The third-order valence-corrected chi connectivity index (χ3v) is 2.89. The molecule has 1 aromatic heterocycles. The number of carboxylic acid groups (broad SMARTS) is 1. The van der Waals surface area contributed by atoms with Gasteiger partial charge < -0.3 is 5.11 Å². The lowest BCUT2D eigenvalue weighted by atomic mass is 10.0. The summed E-state index contributed by atoms with van der Waals surface area (Å²) in [6.07, 6.45) is 0.849. The fourth-order valence-corrected chi connectivity index (χ4v) is 2.04. The summed E-state index contributed by atoms with van der Waals surface area (Å²) >= 11 is 11.6. The highest BCUT2D eigenvalue weighted by Gasteiger charge is 2.07. The zero-order valence-electron chi connectivity index (χ0n) is 10.4. The van der Waals surface area contributed by atoms with E-state index < -0.39 is 5.97 Å². The molecule has 1 heterocycles. The molecule has 1 aromatic carbocycles. The van der Waals surface area contributed by atoms with Crippen LogP contribution in [0.15, 0.2) is 36.4 Å². The minimum Gasteiger partial charge on any atom is -0.478 e. The van der Waals surface area contributed by atoms with Crippen molar-refractivity contribution >= 4 is 34.7 Å². The molecule has 0 fully saturated rings. The van der Waals surface area contributed by atoms with Crippen molar-refractivity contribution in [1.29, 1.82) is 5.26 Å². The molecule has 5 nitrogen and oxygen atoms in total. The number of halogens is 2. The first-order valence-corrected chi connectivity index (χ1v) is 6.41. The largest absolute Gasteiger partial charge is 0.478 e. The molecular formula is C14H7Cl2N3O2. The maximum atomic E-state index is 10.6. The van der Waals surface area contributed by atoms with Gasteiger partial charge in [-0.1, -0.05) is 47.5 Å². The third-order valence-electron chi connectivity index (χ3n) is 2.51. The maximum Gasteiger partial charge on any atom is 0.329 e. The molecule has 0 unspecified atom stereocenters. The number of aromatic nitrogens is 2. The van der Waals surface area contributed by atoms with Crippen LogP contribution in [0.1, 0.15) is 5.56 Å². The van der Waals surface area contributed by atoms with Crippen LogP contribution in [-0.4, -0.2) is 21.0 Å². The van der Waals surface area contributed by atoms with Gasteiger partial charge in [-0.05, 0) is 5.56 Å². The first-order valence-electron chi connectivity index (χ1n) is 5.65. The van der Waals surface area contributed by atoms with Crippen molar-refractivity contribution in [1.82, 2.24) is 9.97 Å². The number of benzene rings is 1. The van der Waals surface area contributed by atoms with Gasteiger partial charge in [0.25, 0.3) is 0 Å². The molecular weight excluding hydrogens is 313 g/mol. The highest BCUT2D eigenvalue weighted by Crippen LogP contribution is 2.22. The average Bonchev–Trinajstić information content (AvgIpc) is 2.44. The normalized spacial score (nSPS) is 11.0. The molecule has 0 atom stereocenters. The number of hydrogen-bond acceptors (Lipinski definition) is 4. The fraction of sp³-hybridized carbons (Fsp3) is 0. The predicted octanol–water partition coefficient (Wildman–Crippen LogP) is 3.44. The van der Waals surface area contributed by atoms with Gasteiger partial charge in [0, 0.05) is 17.7 Å². The van der Waals surface area contributed by atoms with E-state index in [1.807, 2.05) is 6.07 Å². The Morgan fingerprint density at radius 3 is 2.24 bits per heavy atom. The van der Waals surface area contributed by atoms with Crippen LogP contribution in [0.3, 0.4) is 0 Å². The van der Waals surface area contributed by atoms with Crippen LogP contribution in [-0.2, 0) is 4.79 Å². The smallest absolute Gasteiger partial charge is 0.329 e. The number of carbonyl (C=O) groups is 1. The SMILES string of the molecule is N#C/C(=C\C(=O)O)c1ccc(-c2nc(Cl)cc(Cl)n2)cc1. The van der Waals surface area contributed by atoms with Crippen LogP contribution < -0.4 is 0 Å². The lowest BCUT2D eigenvalue weighted by molar-refractivity contribution is -0.131. The van der Waals surface area contributed by atoms with Crippen LogP contribution in [0.4, 0.5) is 0 Å². The molecule has 2 aromatic rings. The summed E-state index contributed by atoms with van der Waals surface area (Å²) in [4.78, 5) is 18.7. The quantitative estimate of drug-likeness (QED) is 0.532. The Bertz CT molecular complexity index is 745. The van der Waals surface area contributed by atoms with Crippen LogP contribution >= 0.6 is 23.2 Å². The maximum absolute atomic E-state index is 10.6. The van der Waals surface area contributed by atoms with Gasteiger partial charge in [0.1, 0.15) is 16.4 Å². The third kappa shape index (κ3) is 3.78. The summed E-state index contributed by atoms with van der Waals surface area (Å²) in [6, 6.07) is 9.77. The fourth-order valence-electron chi connectivity index (χ4n) is 1.62. The molecule has 0 aliphatic heterocycles. The molecule has 104 valence electrons. The van der Waals surface area contributed by atoms with Gasteiger partial charge in [-0.25, -0.2) is 14.8 Å². The zero-order chi connectivity index (χ0) is 15.4. The van der Waals surface area contributed by atoms with Crippen molar-refractivity contribution in [2.45, 2.75) is 0 Å². The summed E-state index contributed by atoms with van der Waals surface area (Å²) < 4.78 is 0.